The van der Waals surface area contributed by atoms with E-state index in [4.69, 9.17) is 0 Å². The Morgan fingerprint density at radius 3 is 2.45 bits per heavy atom. The predicted molar refractivity (Wildman–Crippen MR) is 109 cm³/mol. The molecule has 2 amide bonds. The molecule has 1 aromatic carbocycles. The van der Waals surface area contributed by atoms with Gasteiger partial charge in [-0.2, -0.15) is 0 Å². The zero-order valence-electron chi connectivity index (χ0n) is 16.3. The first-order valence-corrected chi connectivity index (χ1v) is 9.39. The average Bonchev–Trinajstić information content (AvgIpc) is 2.76. The van der Waals surface area contributed by atoms with Crippen LogP contribution in [0.5, 0.6) is 0 Å². The van der Waals surface area contributed by atoms with Gasteiger partial charge in [0.1, 0.15) is 5.69 Å². The highest BCUT2D eigenvalue weighted by Crippen LogP contribution is 2.09. The van der Waals surface area contributed by atoms with Crippen LogP contribution in [0.1, 0.15) is 33.7 Å². The Balaban J connectivity index is 1.63. The molecule has 0 aliphatic carbocycles. The van der Waals surface area contributed by atoms with Gasteiger partial charge in [-0.15, -0.1) is 0 Å². The van der Waals surface area contributed by atoms with Crippen LogP contribution in [0.2, 0.25) is 0 Å². The van der Waals surface area contributed by atoms with E-state index in [9.17, 15) is 9.59 Å². The van der Waals surface area contributed by atoms with Gasteiger partial charge in [-0.3, -0.25) is 19.6 Å². The van der Waals surface area contributed by atoms with Crippen LogP contribution >= 0.6 is 0 Å². The van der Waals surface area contributed by atoms with E-state index in [2.05, 4.69) is 20.3 Å². The summed E-state index contributed by atoms with van der Waals surface area (Å²) in [6.45, 7) is 2.89. The first-order chi connectivity index (χ1) is 14.1. The van der Waals surface area contributed by atoms with Gasteiger partial charge < -0.3 is 10.2 Å². The number of aromatic nitrogens is 3. The van der Waals surface area contributed by atoms with Gasteiger partial charge in [0, 0.05) is 44.6 Å². The van der Waals surface area contributed by atoms with Gasteiger partial charge in [-0.05, 0) is 24.1 Å². The van der Waals surface area contributed by atoms with Crippen LogP contribution in [0.3, 0.4) is 0 Å². The monoisotopic (exact) mass is 389 g/mol. The number of nitrogens with one attached hydrogen (secondary N) is 1. The van der Waals surface area contributed by atoms with Crippen LogP contribution in [0.15, 0.2) is 67.3 Å². The predicted octanol–water partition coefficient (Wildman–Crippen LogP) is 2.53. The molecule has 2 aromatic heterocycles. The van der Waals surface area contributed by atoms with Crippen molar-refractivity contribution in [3.8, 4) is 0 Å². The zero-order valence-corrected chi connectivity index (χ0v) is 16.3. The first kappa shape index (κ1) is 20.1. The van der Waals surface area contributed by atoms with Gasteiger partial charge in [0.15, 0.2) is 0 Å². The van der Waals surface area contributed by atoms with Crippen molar-refractivity contribution in [3.05, 3.63) is 89.8 Å². The van der Waals surface area contributed by atoms with Gasteiger partial charge >= 0.3 is 0 Å². The summed E-state index contributed by atoms with van der Waals surface area (Å²) < 4.78 is 0. The SMILES string of the molecule is Cc1cnc(C(=O)N(CCC(=O)NCc2cccnc2)Cc2ccccc2)cn1. The molecule has 3 rings (SSSR count). The number of pyridine rings is 1. The summed E-state index contributed by atoms with van der Waals surface area (Å²) in [7, 11) is 0. The van der Waals surface area contributed by atoms with Crippen molar-refractivity contribution in [1.82, 2.24) is 25.2 Å². The molecule has 2 heterocycles. The smallest absolute Gasteiger partial charge is 0.274 e. The Morgan fingerprint density at radius 1 is 0.966 bits per heavy atom. The standard InChI is InChI=1S/C22H23N5O2/c1-17-12-25-20(15-24-17)22(29)27(16-18-6-3-2-4-7-18)11-9-21(28)26-14-19-8-5-10-23-13-19/h2-8,10,12-13,15H,9,11,14,16H2,1H3,(H,26,28). The zero-order chi connectivity index (χ0) is 20.5. The number of carbonyl (C=O) groups is 2. The molecule has 0 fully saturated rings. The largest absolute Gasteiger partial charge is 0.352 e. The molecule has 0 saturated heterocycles. The van der Waals surface area contributed by atoms with Gasteiger partial charge in [0.25, 0.3) is 5.91 Å². The lowest BCUT2D eigenvalue weighted by atomic mass is 10.2. The fraction of sp³-hybridized carbons (Fsp3) is 0.227. The van der Waals surface area contributed by atoms with Crippen molar-refractivity contribution >= 4 is 11.8 Å². The molecule has 29 heavy (non-hydrogen) atoms. The maximum absolute atomic E-state index is 12.9. The Bertz CT molecular complexity index is 930. The van der Waals surface area contributed by atoms with Crippen LogP contribution in [0.25, 0.3) is 0 Å². The second-order valence-corrected chi connectivity index (χ2v) is 6.64. The summed E-state index contributed by atoms with van der Waals surface area (Å²) in [5.41, 5.74) is 2.91. The van der Waals surface area contributed by atoms with E-state index in [0.717, 1.165) is 16.8 Å². The van der Waals surface area contributed by atoms with Crippen molar-refractivity contribution in [1.29, 1.82) is 0 Å². The van der Waals surface area contributed by atoms with Gasteiger partial charge in [-0.25, -0.2) is 4.98 Å². The topological polar surface area (TPSA) is 88.1 Å². The van der Waals surface area contributed by atoms with E-state index in [0.29, 0.717) is 13.1 Å². The maximum atomic E-state index is 12.9. The summed E-state index contributed by atoms with van der Waals surface area (Å²) in [5.74, 6) is -0.379. The summed E-state index contributed by atoms with van der Waals surface area (Å²) >= 11 is 0. The van der Waals surface area contributed by atoms with Gasteiger partial charge in [0.05, 0.1) is 11.9 Å². The fourth-order valence-corrected chi connectivity index (χ4v) is 2.75. The number of benzene rings is 1. The molecule has 0 saturated carbocycles. The van der Waals surface area contributed by atoms with E-state index in [-0.39, 0.29) is 30.5 Å². The molecule has 0 bridgehead atoms. The molecule has 0 aliphatic heterocycles. The van der Waals surface area contributed by atoms with Crippen LogP contribution in [-0.4, -0.2) is 38.2 Å². The van der Waals surface area contributed by atoms with Crippen molar-refractivity contribution in [2.24, 2.45) is 0 Å². The third-order valence-corrected chi connectivity index (χ3v) is 4.32. The number of carbonyl (C=O) groups excluding carboxylic acids is 2. The highest BCUT2D eigenvalue weighted by atomic mass is 16.2. The molecule has 0 spiro atoms. The highest BCUT2D eigenvalue weighted by molar-refractivity contribution is 5.92. The molecule has 0 unspecified atom stereocenters. The lowest BCUT2D eigenvalue weighted by Gasteiger charge is -2.22. The van der Waals surface area contributed by atoms with E-state index >= 15 is 0 Å². The van der Waals surface area contributed by atoms with Gasteiger partial charge in [-0.1, -0.05) is 36.4 Å². The molecular weight excluding hydrogens is 366 g/mol. The molecule has 3 aromatic rings. The summed E-state index contributed by atoms with van der Waals surface area (Å²) in [6, 6.07) is 13.4. The van der Waals surface area contributed by atoms with Crippen molar-refractivity contribution in [2.75, 3.05) is 6.54 Å². The van der Waals surface area contributed by atoms with Crippen LogP contribution in [0, 0.1) is 6.92 Å². The van der Waals surface area contributed by atoms with Crippen LogP contribution in [0.4, 0.5) is 0 Å². The normalized spacial score (nSPS) is 10.4. The van der Waals surface area contributed by atoms with Crippen LogP contribution < -0.4 is 5.32 Å². The van der Waals surface area contributed by atoms with Gasteiger partial charge in [0.2, 0.25) is 5.91 Å². The second-order valence-electron chi connectivity index (χ2n) is 6.64. The summed E-state index contributed by atoms with van der Waals surface area (Å²) in [4.78, 5) is 39.2. The fourth-order valence-electron chi connectivity index (χ4n) is 2.75. The van der Waals surface area contributed by atoms with Crippen molar-refractivity contribution in [2.45, 2.75) is 26.4 Å². The minimum Gasteiger partial charge on any atom is -0.352 e. The highest BCUT2D eigenvalue weighted by Gasteiger charge is 2.19. The molecule has 0 radical (unpaired) electrons. The third-order valence-electron chi connectivity index (χ3n) is 4.32. The first-order valence-electron chi connectivity index (χ1n) is 9.39. The molecule has 0 aliphatic rings. The Kier molecular flexibility index (Phi) is 7.00. The number of amides is 2. The molecule has 7 nitrogen and oxygen atoms in total. The van der Waals surface area contributed by atoms with E-state index in [1.807, 2.05) is 49.4 Å². The van der Waals surface area contributed by atoms with Crippen LogP contribution in [-0.2, 0) is 17.9 Å². The van der Waals surface area contributed by atoms with E-state index in [1.54, 1.807) is 23.5 Å². The third kappa shape index (κ3) is 6.21. The molecule has 1 N–H and O–H groups in total. The average molecular weight is 389 g/mol. The molecule has 148 valence electrons. The van der Waals surface area contributed by atoms with Crippen molar-refractivity contribution in [3.63, 3.8) is 0 Å². The number of hydrogen-bond donors (Lipinski definition) is 1. The minimum absolute atomic E-state index is 0.130. The van der Waals surface area contributed by atoms with E-state index < -0.39 is 0 Å². The Morgan fingerprint density at radius 2 is 1.76 bits per heavy atom. The lowest BCUT2D eigenvalue weighted by molar-refractivity contribution is -0.121. The maximum Gasteiger partial charge on any atom is 0.274 e. The quantitative estimate of drug-likeness (QED) is 0.640. The summed E-state index contributed by atoms with van der Waals surface area (Å²) in [5, 5.41) is 2.86. The number of aryl methyl sites for hydroxylation is 1. The number of rotatable bonds is 8. The second kappa shape index (κ2) is 10.1. The minimum atomic E-state index is -0.249. The lowest BCUT2D eigenvalue weighted by Crippen LogP contribution is -2.35. The Hall–Kier alpha value is -3.61. The molecule has 7 heteroatoms. The molecular formula is C22H23N5O2. The molecule has 0 atom stereocenters. The van der Waals surface area contributed by atoms with E-state index in [1.165, 1.54) is 6.20 Å². The number of nitrogens with zero attached hydrogens (tertiary/aromatic N) is 4. The van der Waals surface area contributed by atoms with Crippen molar-refractivity contribution < 1.29 is 9.59 Å². The number of hydrogen-bond acceptors (Lipinski definition) is 5. The summed E-state index contributed by atoms with van der Waals surface area (Å²) in [6.07, 6.45) is 6.62. The Labute approximate surface area is 169 Å².